The third kappa shape index (κ3) is 3.53. The first-order valence-corrected chi connectivity index (χ1v) is 6.40. The number of rotatable bonds is 6. The molecule has 0 spiro atoms. The number of nitrogens with one attached hydrogen (secondary N) is 2. The number of aliphatic hydroxyl groups is 1. The molecule has 1 aromatic heterocycles. The Morgan fingerprint density at radius 2 is 2.12 bits per heavy atom. The van der Waals surface area contributed by atoms with Crippen LogP contribution in [-0.4, -0.2) is 46.3 Å². The van der Waals surface area contributed by atoms with Crippen molar-refractivity contribution in [2.45, 2.75) is 18.2 Å². The molecule has 90 valence electrons. The average Bonchev–Trinajstić information content (AvgIpc) is 2.31. The van der Waals surface area contributed by atoms with E-state index in [1.165, 1.54) is 6.33 Å². The molecule has 6 heteroatoms. The standard InChI is InChI=1S/C10H18N4OS/c1-7(8(5-15)16-3)14-10-4-9(11-2)12-6-13-10/h4,6-8,15H,5H2,1-3H3,(H2,11,12,13,14). The largest absolute Gasteiger partial charge is 0.395 e. The molecule has 0 aliphatic carbocycles. The lowest BCUT2D eigenvalue weighted by atomic mass is 10.2. The van der Waals surface area contributed by atoms with Gasteiger partial charge in [0.25, 0.3) is 0 Å². The van der Waals surface area contributed by atoms with Crippen LogP contribution in [0.3, 0.4) is 0 Å². The van der Waals surface area contributed by atoms with E-state index in [9.17, 15) is 0 Å². The Balaban J connectivity index is 2.64. The molecule has 16 heavy (non-hydrogen) atoms. The van der Waals surface area contributed by atoms with E-state index >= 15 is 0 Å². The van der Waals surface area contributed by atoms with E-state index < -0.39 is 0 Å². The lowest BCUT2D eigenvalue weighted by molar-refractivity contribution is 0.288. The second-order valence-electron chi connectivity index (χ2n) is 3.43. The molecular weight excluding hydrogens is 224 g/mol. The van der Waals surface area contributed by atoms with Gasteiger partial charge in [-0.05, 0) is 13.2 Å². The smallest absolute Gasteiger partial charge is 0.131 e. The summed E-state index contributed by atoms with van der Waals surface area (Å²) < 4.78 is 0. The molecule has 0 aromatic carbocycles. The minimum Gasteiger partial charge on any atom is -0.395 e. The van der Waals surface area contributed by atoms with Gasteiger partial charge in [0.2, 0.25) is 0 Å². The van der Waals surface area contributed by atoms with Crippen LogP contribution in [0.25, 0.3) is 0 Å². The highest BCUT2D eigenvalue weighted by molar-refractivity contribution is 7.99. The van der Waals surface area contributed by atoms with Gasteiger partial charge in [-0.1, -0.05) is 0 Å². The van der Waals surface area contributed by atoms with Crippen molar-refractivity contribution >= 4 is 23.4 Å². The second-order valence-corrected chi connectivity index (χ2v) is 4.51. The van der Waals surface area contributed by atoms with E-state index in [-0.39, 0.29) is 17.9 Å². The summed E-state index contributed by atoms with van der Waals surface area (Å²) in [4.78, 5) is 8.16. The molecule has 1 aromatic rings. The summed E-state index contributed by atoms with van der Waals surface area (Å²) in [5.74, 6) is 1.54. The van der Waals surface area contributed by atoms with Gasteiger partial charge in [-0.25, -0.2) is 9.97 Å². The number of nitrogens with zero attached hydrogens (tertiary/aromatic N) is 2. The molecule has 1 heterocycles. The lowest BCUT2D eigenvalue weighted by Crippen LogP contribution is -2.31. The maximum absolute atomic E-state index is 9.17. The third-order valence-electron chi connectivity index (χ3n) is 2.34. The molecule has 0 saturated carbocycles. The average molecular weight is 242 g/mol. The van der Waals surface area contributed by atoms with Crippen LogP contribution in [0.15, 0.2) is 12.4 Å². The van der Waals surface area contributed by atoms with Crippen molar-refractivity contribution in [3.63, 3.8) is 0 Å². The molecule has 0 aliphatic rings. The number of hydrogen-bond acceptors (Lipinski definition) is 6. The number of aromatic nitrogens is 2. The summed E-state index contributed by atoms with van der Waals surface area (Å²) in [6.07, 6.45) is 3.49. The predicted molar refractivity (Wildman–Crippen MR) is 69.1 cm³/mol. The van der Waals surface area contributed by atoms with Crippen molar-refractivity contribution in [1.82, 2.24) is 9.97 Å². The lowest BCUT2D eigenvalue weighted by Gasteiger charge is -2.21. The van der Waals surface area contributed by atoms with Gasteiger partial charge in [-0.2, -0.15) is 11.8 Å². The molecule has 0 amide bonds. The highest BCUT2D eigenvalue weighted by Gasteiger charge is 2.15. The van der Waals surface area contributed by atoms with Gasteiger partial charge in [-0.15, -0.1) is 0 Å². The molecule has 3 N–H and O–H groups in total. The van der Waals surface area contributed by atoms with Crippen molar-refractivity contribution in [3.8, 4) is 0 Å². The summed E-state index contributed by atoms with van der Waals surface area (Å²) in [7, 11) is 1.81. The molecule has 5 nitrogen and oxygen atoms in total. The zero-order chi connectivity index (χ0) is 12.0. The summed E-state index contributed by atoms with van der Waals surface area (Å²) >= 11 is 1.64. The van der Waals surface area contributed by atoms with E-state index in [2.05, 4.69) is 20.6 Å². The number of hydrogen-bond donors (Lipinski definition) is 3. The van der Waals surface area contributed by atoms with Crippen molar-refractivity contribution in [2.75, 3.05) is 30.5 Å². The Bertz CT molecular complexity index is 319. The van der Waals surface area contributed by atoms with E-state index in [1.54, 1.807) is 11.8 Å². The maximum Gasteiger partial charge on any atom is 0.131 e. The van der Waals surface area contributed by atoms with E-state index in [0.29, 0.717) is 0 Å². The Kier molecular flexibility index (Phi) is 5.34. The molecule has 0 fully saturated rings. The quantitative estimate of drug-likeness (QED) is 0.692. The zero-order valence-electron chi connectivity index (χ0n) is 9.77. The van der Waals surface area contributed by atoms with Gasteiger partial charge in [0.05, 0.1) is 6.61 Å². The minimum atomic E-state index is 0.152. The van der Waals surface area contributed by atoms with Crippen LogP contribution in [-0.2, 0) is 0 Å². The predicted octanol–water partition coefficient (Wildman–Crippen LogP) is 1.04. The summed E-state index contributed by atoms with van der Waals surface area (Å²) in [6.45, 7) is 2.18. The first-order valence-electron chi connectivity index (χ1n) is 5.11. The fourth-order valence-corrected chi connectivity index (χ4v) is 1.96. The fourth-order valence-electron chi connectivity index (χ4n) is 1.34. The molecular formula is C10H18N4OS. The highest BCUT2D eigenvalue weighted by atomic mass is 32.2. The van der Waals surface area contributed by atoms with Crippen molar-refractivity contribution in [1.29, 1.82) is 0 Å². The molecule has 1 rings (SSSR count). The highest BCUT2D eigenvalue weighted by Crippen LogP contribution is 2.15. The van der Waals surface area contributed by atoms with Crippen LogP contribution in [0.4, 0.5) is 11.6 Å². The first-order chi connectivity index (χ1) is 7.71. The topological polar surface area (TPSA) is 70.1 Å². The van der Waals surface area contributed by atoms with E-state index in [4.69, 9.17) is 5.11 Å². The Hall–Kier alpha value is -1.01. The number of anilines is 2. The van der Waals surface area contributed by atoms with Crippen molar-refractivity contribution < 1.29 is 5.11 Å². The Morgan fingerprint density at radius 1 is 1.44 bits per heavy atom. The normalized spacial score (nSPS) is 14.2. The van der Waals surface area contributed by atoms with Gasteiger partial charge in [0.15, 0.2) is 0 Å². The van der Waals surface area contributed by atoms with Gasteiger partial charge in [-0.3, -0.25) is 0 Å². The molecule has 2 atom stereocenters. The molecule has 2 unspecified atom stereocenters. The minimum absolute atomic E-state index is 0.152. The fraction of sp³-hybridized carbons (Fsp3) is 0.600. The van der Waals surface area contributed by atoms with Crippen molar-refractivity contribution in [2.24, 2.45) is 0 Å². The van der Waals surface area contributed by atoms with Crippen molar-refractivity contribution in [3.05, 3.63) is 12.4 Å². The second kappa shape index (κ2) is 6.55. The Morgan fingerprint density at radius 3 is 2.69 bits per heavy atom. The number of aliphatic hydroxyl groups excluding tert-OH is 1. The van der Waals surface area contributed by atoms with Crippen LogP contribution in [0, 0.1) is 0 Å². The molecule has 0 saturated heterocycles. The maximum atomic E-state index is 9.17. The van der Waals surface area contributed by atoms with Gasteiger partial charge >= 0.3 is 0 Å². The van der Waals surface area contributed by atoms with Gasteiger partial charge < -0.3 is 15.7 Å². The first kappa shape index (κ1) is 13.1. The van der Waals surface area contributed by atoms with Gasteiger partial charge in [0.1, 0.15) is 18.0 Å². The molecule has 0 aliphatic heterocycles. The summed E-state index contributed by atoms with van der Waals surface area (Å²) in [5.41, 5.74) is 0. The third-order valence-corrected chi connectivity index (χ3v) is 3.50. The summed E-state index contributed by atoms with van der Waals surface area (Å²) in [6, 6.07) is 1.99. The van der Waals surface area contributed by atoms with Crippen LogP contribution < -0.4 is 10.6 Å². The van der Waals surface area contributed by atoms with E-state index in [1.807, 2.05) is 26.3 Å². The van der Waals surface area contributed by atoms with E-state index in [0.717, 1.165) is 11.6 Å². The van der Waals surface area contributed by atoms with Crippen LogP contribution in [0.2, 0.25) is 0 Å². The van der Waals surface area contributed by atoms with Crippen LogP contribution in [0.5, 0.6) is 0 Å². The molecule has 0 radical (unpaired) electrons. The zero-order valence-corrected chi connectivity index (χ0v) is 10.6. The summed E-state index contributed by atoms with van der Waals surface area (Å²) in [5, 5.41) is 15.5. The number of thioether (sulfide) groups is 1. The van der Waals surface area contributed by atoms with Crippen LogP contribution in [0.1, 0.15) is 6.92 Å². The molecule has 0 bridgehead atoms. The van der Waals surface area contributed by atoms with Crippen LogP contribution >= 0.6 is 11.8 Å². The monoisotopic (exact) mass is 242 g/mol. The Labute approximate surface area is 100 Å². The SMILES string of the molecule is CNc1cc(NC(C)C(CO)SC)ncn1. The van der Waals surface area contributed by atoms with Gasteiger partial charge in [0, 0.05) is 24.4 Å².